The van der Waals surface area contributed by atoms with Crippen LogP contribution in [0.5, 0.6) is 0 Å². The van der Waals surface area contributed by atoms with Crippen molar-refractivity contribution in [1.29, 1.82) is 0 Å². The number of rotatable bonds is 4. The Bertz CT molecular complexity index is 784. The third-order valence-corrected chi connectivity index (χ3v) is 4.40. The van der Waals surface area contributed by atoms with Gasteiger partial charge in [-0.05, 0) is 34.5 Å². The smallest absolute Gasteiger partial charge is 0.196 e. The predicted molar refractivity (Wildman–Crippen MR) is 90.8 cm³/mol. The molecule has 3 rings (SSSR count). The summed E-state index contributed by atoms with van der Waals surface area (Å²) >= 11 is 1.17. The van der Waals surface area contributed by atoms with E-state index in [0.717, 1.165) is 21.2 Å². The van der Waals surface area contributed by atoms with Crippen LogP contribution in [0.3, 0.4) is 0 Å². The van der Waals surface area contributed by atoms with Crippen molar-refractivity contribution in [2.24, 2.45) is 0 Å². The largest absolute Gasteiger partial charge is 0.388 e. The first-order chi connectivity index (χ1) is 10.7. The van der Waals surface area contributed by atoms with E-state index in [4.69, 9.17) is 0 Å². The summed E-state index contributed by atoms with van der Waals surface area (Å²) in [5.41, 5.74) is 0.778. The van der Waals surface area contributed by atoms with Crippen molar-refractivity contribution in [1.82, 2.24) is 0 Å². The maximum absolute atomic E-state index is 12.1. The van der Waals surface area contributed by atoms with Gasteiger partial charge < -0.3 is 5.11 Å². The summed E-state index contributed by atoms with van der Waals surface area (Å²) < 4.78 is 0. The lowest BCUT2D eigenvalue weighted by Gasteiger charge is -2.11. The first-order valence-electron chi connectivity index (χ1n) is 7.15. The molecule has 2 nitrogen and oxygen atoms in total. The summed E-state index contributed by atoms with van der Waals surface area (Å²) in [6.07, 6.45) is -0.661. The molecule has 1 atom stereocenters. The van der Waals surface area contributed by atoms with Crippen LogP contribution in [0.15, 0.2) is 77.7 Å². The summed E-state index contributed by atoms with van der Waals surface area (Å²) in [5, 5.41) is 12.5. The monoisotopic (exact) mass is 308 g/mol. The SMILES string of the molecule is O=C(C[C@@H](O)c1ccc2ccccc2c1)Sc1ccccc1. The highest BCUT2D eigenvalue weighted by Crippen LogP contribution is 2.27. The van der Waals surface area contributed by atoms with Crippen LogP contribution in [-0.2, 0) is 4.79 Å². The third kappa shape index (κ3) is 3.56. The molecule has 22 heavy (non-hydrogen) atoms. The minimum Gasteiger partial charge on any atom is -0.388 e. The standard InChI is InChI=1S/C19H16O2S/c20-18(13-19(21)22-17-8-2-1-3-9-17)16-11-10-14-6-4-5-7-15(14)12-16/h1-12,18,20H,13H2/t18-/m1/s1. The normalized spacial score (nSPS) is 12.2. The van der Waals surface area contributed by atoms with Gasteiger partial charge in [-0.2, -0.15) is 0 Å². The molecule has 0 bridgehead atoms. The number of aliphatic hydroxyl groups is 1. The van der Waals surface area contributed by atoms with Gasteiger partial charge in [-0.25, -0.2) is 0 Å². The number of hydrogen-bond acceptors (Lipinski definition) is 3. The van der Waals surface area contributed by atoms with Crippen molar-refractivity contribution in [2.75, 3.05) is 0 Å². The molecule has 3 aromatic rings. The molecular weight excluding hydrogens is 292 g/mol. The van der Waals surface area contributed by atoms with Crippen molar-refractivity contribution in [2.45, 2.75) is 17.4 Å². The molecule has 3 aromatic carbocycles. The van der Waals surface area contributed by atoms with Crippen LogP contribution >= 0.6 is 11.8 Å². The molecule has 0 aliphatic rings. The van der Waals surface area contributed by atoms with Crippen LogP contribution in [-0.4, -0.2) is 10.2 Å². The number of aliphatic hydroxyl groups excluding tert-OH is 1. The zero-order chi connectivity index (χ0) is 15.4. The van der Waals surface area contributed by atoms with Gasteiger partial charge in [0.25, 0.3) is 0 Å². The zero-order valence-electron chi connectivity index (χ0n) is 12.0. The summed E-state index contributed by atoms with van der Waals surface area (Å²) in [5.74, 6) is 0. The van der Waals surface area contributed by atoms with E-state index in [2.05, 4.69) is 0 Å². The first kappa shape index (κ1) is 14.8. The fourth-order valence-corrected chi connectivity index (χ4v) is 3.15. The summed E-state index contributed by atoms with van der Waals surface area (Å²) in [4.78, 5) is 13.0. The van der Waals surface area contributed by atoms with E-state index in [1.807, 2.05) is 72.8 Å². The van der Waals surface area contributed by atoms with E-state index in [1.54, 1.807) is 0 Å². The molecule has 0 aromatic heterocycles. The Kier molecular flexibility index (Phi) is 4.56. The number of benzene rings is 3. The molecule has 3 heteroatoms. The van der Waals surface area contributed by atoms with Crippen molar-refractivity contribution < 1.29 is 9.90 Å². The van der Waals surface area contributed by atoms with Crippen LogP contribution < -0.4 is 0 Å². The Hall–Kier alpha value is -2.10. The third-order valence-electron chi connectivity index (χ3n) is 3.49. The highest BCUT2D eigenvalue weighted by Gasteiger charge is 2.14. The number of thioether (sulfide) groups is 1. The van der Waals surface area contributed by atoms with E-state index in [9.17, 15) is 9.90 Å². The molecule has 110 valence electrons. The summed E-state index contributed by atoms with van der Waals surface area (Å²) in [7, 11) is 0. The molecule has 0 aliphatic carbocycles. The fraction of sp³-hybridized carbons (Fsp3) is 0.105. The second kappa shape index (κ2) is 6.77. The molecule has 0 saturated carbocycles. The molecule has 0 fully saturated rings. The minimum absolute atomic E-state index is 0.0353. The number of fused-ring (bicyclic) bond motifs is 1. The molecule has 0 amide bonds. The molecule has 0 saturated heterocycles. The first-order valence-corrected chi connectivity index (χ1v) is 7.96. The van der Waals surface area contributed by atoms with Crippen LogP contribution in [0, 0.1) is 0 Å². The molecule has 1 N–H and O–H groups in total. The van der Waals surface area contributed by atoms with Crippen molar-refractivity contribution in [3.8, 4) is 0 Å². The maximum Gasteiger partial charge on any atom is 0.196 e. The van der Waals surface area contributed by atoms with E-state index >= 15 is 0 Å². The van der Waals surface area contributed by atoms with Gasteiger partial charge in [0.15, 0.2) is 5.12 Å². The zero-order valence-corrected chi connectivity index (χ0v) is 12.8. The van der Waals surface area contributed by atoms with Gasteiger partial charge in [0, 0.05) is 11.3 Å². The summed E-state index contributed by atoms with van der Waals surface area (Å²) in [6, 6.07) is 23.3. The molecule has 0 aliphatic heterocycles. The topological polar surface area (TPSA) is 37.3 Å². The molecule has 0 spiro atoms. The molecule has 0 heterocycles. The Labute approximate surface area is 133 Å². The average molecular weight is 308 g/mol. The van der Waals surface area contributed by atoms with Crippen LogP contribution in [0.4, 0.5) is 0 Å². The van der Waals surface area contributed by atoms with Crippen LogP contribution in [0.25, 0.3) is 10.8 Å². The van der Waals surface area contributed by atoms with E-state index in [0.29, 0.717) is 0 Å². The van der Waals surface area contributed by atoms with Gasteiger partial charge in [0.05, 0.1) is 6.10 Å². The lowest BCUT2D eigenvalue weighted by Crippen LogP contribution is -2.03. The second-order valence-electron chi connectivity index (χ2n) is 5.11. The highest BCUT2D eigenvalue weighted by atomic mass is 32.2. The van der Waals surface area contributed by atoms with Crippen molar-refractivity contribution >= 4 is 27.6 Å². The van der Waals surface area contributed by atoms with Gasteiger partial charge in [-0.1, -0.05) is 66.4 Å². The van der Waals surface area contributed by atoms with Crippen LogP contribution in [0.2, 0.25) is 0 Å². The summed E-state index contributed by atoms with van der Waals surface area (Å²) in [6.45, 7) is 0. The lowest BCUT2D eigenvalue weighted by molar-refractivity contribution is -0.112. The lowest BCUT2D eigenvalue weighted by atomic mass is 10.0. The predicted octanol–water partition coefficient (Wildman–Crippen LogP) is 4.58. The average Bonchev–Trinajstić information content (AvgIpc) is 2.55. The molecule has 0 radical (unpaired) electrons. The quantitative estimate of drug-likeness (QED) is 0.717. The maximum atomic E-state index is 12.1. The van der Waals surface area contributed by atoms with Gasteiger partial charge in [-0.15, -0.1) is 0 Å². The Morgan fingerprint density at radius 1 is 0.909 bits per heavy atom. The minimum atomic E-state index is -0.770. The number of carbonyl (C=O) groups is 1. The fourth-order valence-electron chi connectivity index (χ4n) is 2.35. The highest BCUT2D eigenvalue weighted by molar-refractivity contribution is 8.13. The van der Waals surface area contributed by atoms with Gasteiger partial charge >= 0.3 is 0 Å². The Morgan fingerprint density at radius 3 is 2.36 bits per heavy atom. The molecular formula is C19H16O2S. The Balaban J connectivity index is 1.70. The van der Waals surface area contributed by atoms with Crippen LogP contribution in [0.1, 0.15) is 18.1 Å². The van der Waals surface area contributed by atoms with Gasteiger partial charge in [0.2, 0.25) is 0 Å². The van der Waals surface area contributed by atoms with E-state index < -0.39 is 6.10 Å². The second-order valence-corrected chi connectivity index (χ2v) is 6.24. The van der Waals surface area contributed by atoms with E-state index in [1.165, 1.54) is 11.8 Å². The molecule has 0 unspecified atom stereocenters. The van der Waals surface area contributed by atoms with Gasteiger partial charge in [-0.3, -0.25) is 4.79 Å². The number of hydrogen-bond donors (Lipinski definition) is 1. The number of carbonyl (C=O) groups excluding carboxylic acids is 1. The Morgan fingerprint density at radius 2 is 1.59 bits per heavy atom. The van der Waals surface area contributed by atoms with Crippen molar-refractivity contribution in [3.05, 3.63) is 78.4 Å². The van der Waals surface area contributed by atoms with Crippen molar-refractivity contribution in [3.63, 3.8) is 0 Å². The van der Waals surface area contributed by atoms with E-state index in [-0.39, 0.29) is 11.5 Å². The van der Waals surface area contributed by atoms with Gasteiger partial charge in [0.1, 0.15) is 0 Å².